The van der Waals surface area contributed by atoms with Crippen LogP contribution < -0.4 is 9.64 Å². The first-order chi connectivity index (χ1) is 17.1. The molecule has 2 aliphatic heterocycles. The molecule has 36 heavy (non-hydrogen) atoms. The number of benzene rings is 1. The van der Waals surface area contributed by atoms with Gasteiger partial charge < -0.3 is 9.47 Å². The van der Waals surface area contributed by atoms with Gasteiger partial charge in [0.1, 0.15) is 17.2 Å². The van der Waals surface area contributed by atoms with Crippen molar-refractivity contribution in [3.05, 3.63) is 57.3 Å². The van der Waals surface area contributed by atoms with Crippen LogP contribution in [-0.4, -0.2) is 52.7 Å². The number of pyridine rings is 1. The molecule has 2 aliphatic rings. The zero-order chi connectivity index (χ0) is 25.9. The summed E-state index contributed by atoms with van der Waals surface area (Å²) in [6.07, 6.45) is 4.15. The van der Waals surface area contributed by atoms with Gasteiger partial charge in [-0.15, -0.1) is 0 Å². The van der Waals surface area contributed by atoms with E-state index in [1.807, 2.05) is 39.8 Å². The SMILES string of the molecule is C[C@@H](c1cc(OCCc2ccc3c(n2)N(C(=O)OC(C)(C)C)CCC3)ccc1[N+](=O)[O-])N1CCCC1. The smallest absolute Gasteiger partial charge is 0.416 e. The summed E-state index contributed by atoms with van der Waals surface area (Å²) < 4.78 is 11.6. The molecule has 0 N–H and O–H groups in total. The summed E-state index contributed by atoms with van der Waals surface area (Å²) in [7, 11) is 0. The molecule has 1 aromatic carbocycles. The summed E-state index contributed by atoms with van der Waals surface area (Å²) in [6.45, 7) is 10.4. The van der Waals surface area contributed by atoms with Crippen LogP contribution in [-0.2, 0) is 17.6 Å². The first-order valence-corrected chi connectivity index (χ1v) is 12.8. The van der Waals surface area contributed by atoms with E-state index in [9.17, 15) is 14.9 Å². The molecule has 0 unspecified atom stereocenters. The molecule has 1 saturated heterocycles. The van der Waals surface area contributed by atoms with E-state index in [1.165, 1.54) is 6.07 Å². The standard InChI is InChI=1S/C27H36N4O5/c1-19(29-14-5-6-15-29)23-18-22(11-12-24(23)31(33)34)35-17-13-21-10-9-20-8-7-16-30(25(20)28-21)26(32)36-27(2,3)4/h9-12,18-19H,5-8,13-17H2,1-4H3/t19-/m0/s1. The van der Waals surface area contributed by atoms with Gasteiger partial charge in [-0.25, -0.2) is 9.78 Å². The average Bonchev–Trinajstić information content (AvgIpc) is 3.37. The van der Waals surface area contributed by atoms with E-state index in [1.54, 1.807) is 17.0 Å². The van der Waals surface area contributed by atoms with Crippen molar-refractivity contribution in [3.63, 3.8) is 0 Å². The van der Waals surface area contributed by atoms with Gasteiger partial charge >= 0.3 is 6.09 Å². The molecule has 1 atom stereocenters. The van der Waals surface area contributed by atoms with Crippen LogP contribution in [0.2, 0.25) is 0 Å². The van der Waals surface area contributed by atoms with Crippen molar-refractivity contribution in [2.75, 3.05) is 31.1 Å². The number of carbonyl (C=O) groups excluding carboxylic acids is 1. The number of anilines is 1. The number of ether oxygens (including phenoxy) is 2. The van der Waals surface area contributed by atoms with E-state index in [-0.39, 0.29) is 22.7 Å². The van der Waals surface area contributed by atoms with Crippen molar-refractivity contribution >= 4 is 17.6 Å². The summed E-state index contributed by atoms with van der Waals surface area (Å²) >= 11 is 0. The minimum atomic E-state index is -0.573. The number of hydrogen-bond acceptors (Lipinski definition) is 7. The molecule has 3 heterocycles. The number of fused-ring (bicyclic) bond motifs is 1. The Morgan fingerprint density at radius 2 is 1.89 bits per heavy atom. The van der Waals surface area contributed by atoms with Crippen LogP contribution in [0.1, 0.15) is 69.8 Å². The van der Waals surface area contributed by atoms with Gasteiger partial charge in [-0.05, 0) is 90.2 Å². The van der Waals surface area contributed by atoms with Crippen molar-refractivity contribution in [1.29, 1.82) is 0 Å². The Kier molecular flexibility index (Phi) is 7.78. The van der Waals surface area contributed by atoms with E-state index in [0.717, 1.165) is 50.0 Å². The molecule has 1 aromatic heterocycles. The van der Waals surface area contributed by atoms with E-state index in [0.29, 0.717) is 36.7 Å². The average molecular weight is 497 g/mol. The molecule has 0 spiro atoms. The number of aryl methyl sites for hydroxylation is 1. The lowest BCUT2D eigenvalue weighted by Gasteiger charge is -2.31. The van der Waals surface area contributed by atoms with Gasteiger partial charge in [0, 0.05) is 30.8 Å². The highest BCUT2D eigenvalue weighted by molar-refractivity contribution is 5.88. The lowest BCUT2D eigenvalue weighted by molar-refractivity contribution is -0.386. The van der Waals surface area contributed by atoms with E-state index in [4.69, 9.17) is 14.5 Å². The fourth-order valence-electron chi connectivity index (χ4n) is 4.84. The number of likely N-dealkylation sites (tertiary alicyclic amines) is 1. The molecular weight excluding hydrogens is 460 g/mol. The van der Waals surface area contributed by atoms with Gasteiger partial charge in [0.15, 0.2) is 0 Å². The Labute approximate surface area is 212 Å². The van der Waals surface area contributed by atoms with Gasteiger partial charge in [0.05, 0.1) is 17.1 Å². The van der Waals surface area contributed by atoms with Crippen molar-refractivity contribution in [2.24, 2.45) is 0 Å². The number of amides is 1. The normalized spacial score (nSPS) is 16.9. The number of nitrogens with zero attached hydrogens (tertiary/aromatic N) is 4. The molecule has 4 rings (SSSR count). The third kappa shape index (κ3) is 6.13. The van der Waals surface area contributed by atoms with Gasteiger partial charge in [0.25, 0.3) is 5.69 Å². The molecule has 0 aliphatic carbocycles. The van der Waals surface area contributed by atoms with Gasteiger partial charge in [-0.2, -0.15) is 0 Å². The van der Waals surface area contributed by atoms with Gasteiger partial charge in [-0.3, -0.25) is 19.9 Å². The van der Waals surface area contributed by atoms with Crippen molar-refractivity contribution < 1.29 is 19.2 Å². The number of rotatable bonds is 7. The topological polar surface area (TPSA) is 98.0 Å². The number of hydrogen-bond donors (Lipinski definition) is 0. The third-order valence-electron chi connectivity index (χ3n) is 6.67. The Bertz CT molecular complexity index is 1110. The van der Waals surface area contributed by atoms with Crippen molar-refractivity contribution in [3.8, 4) is 5.75 Å². The monoisotopic (exact) mass is 496 g/mol. The Morgan fingerprint density at radius 3 is 2.58 bits per heavy atom. The van der Waals surface area contributed by atoms with Crippen LogP contribution in [0, 0.1) is 10.1 Å². The maximum Gasteiger partial charge on any atom is 0.416 e. The second-order valence-electron chi connectivity index (χ2n) is 10.5. The lowest BCUT2D eigenvalue weighted by Crippen LogP contribution is -2.40. The van der Waals surface area contributed by atoms with Crippen molar-refractivity contribution in [2.45, 2.75) is 71.4 Å². The molecule has 9 heteroatoms. The minimum absolute atomic E-state index is 0.0439. The Balaban J connectivity index is 1.44. The summed E-state index contributed by atoms with van der Waals surface area (Å²) in [4.78, 5) is 32.7. The Morgan fingerprint density at radius 1 is 1.14 bits per heavy atom. The number of aromatic nitrogens is 1. The number of nitro groups is 1. The lowest BCUT2D eigenvalue weighted by atomic mass is 10.0. The zero-order valence-corrected chi connectivity index (χ0v) is 21.7. The fourth-order valence-corrected chi connectivity index (χ4v) is 4.84. The maximum atomic E-state index is 12.7. The molecule has 1 fully saturated rings. The molecular formula is C27H36N4O5. The maximum absolute atomic E-state index is 12.7. The largest absolute Gasteiger partial charge is 0.493 e. The second-order valence-corrected chi connectivity index (χ2v) is 10.5. The highest BCUT2D eigenvalue weighted by Crippen LogP contribution is 2.34. The van der Waals surface area contributed by atoms with Crippen LogP contribution in [0.3, 0.4) is 0 Å². The van der Waals surface area contributed by atoms with E-state index < -0.39 is 5.60 Å². The molecule has 0 saturated carbocycles. The number of carbonyl (C=O) groups is 1. The molecule has 194 valence electrons. The summed E-state index contributed by atoms with van der Waals surface area (Å²) in [5, 5.41) is 11.6. The quantitative estimate of drug-likeness (QED) is 0.371. The predicted molar refractivity (Wildman–Crippen MR) is 138 cm³/mol. The highest BCUT2D eigenvalue weighted by Gasteiger charge is 2.29. The van der Waals surface area contributed by atoms with Crippen LogP contribution in [0.25, 0.3) is 0 Å². The first kappa shape index (κ1) is 25.9. The Hall–Kier alpha value is -3.20. The predicted octanol–water partition coefficient (Wildman–Crippen LogP) is 5.46. The molecule has 1 amide bonds. The number of nitro benzene ring substituents is 1. The summed E-state index contributed by atoms with van der Waals surface area (Å²) in [6, 6.07) is 8.94. The highest BCUT2D eigenvalue weighted by atomic mass is 16.6. The molecule has 0 radical (unpaired) electrons. The zero-order valence-electron chi connectivity index (χ0n) is 21.7. The molecule has 0 bridgehead atoms. The van der Waals surface area contributed by atoms with Gasteiger partial charge in [-0.1, -0.05) is 6.07 Å². The molecule has 9 nitrogen and oxygen atoms in total. The van der Waals surface area contributed by atoms with E-state index >= 15 is 0 Å². The fraction of sp³-hybridized carbons (Fsp3) is 0.556. The molecule has 2 aromatic rings. The van der Waals surface area contributed by atoms with Gasteiger partial charge in [0.2, 0.25) is 0 Å². The summed E-state index contributed by atoms with van der Waals surface area (Å²) in [5.41, 5.74) is 2.08. The first-order valence-electron chi connectivity index (χ1n) is 12.8. The summed E-state index contributed by atoms with van der Waals surface area (Å²) in [5.74, 6) is 1.26. The van der Waals surface area contributed by atoms with Crippen LogP contribution in [0.4, 0.5) is 16.3 Å². The van der Waals surface area contributed by atoms with Crippen molar-refractivity contribution in [1.82, 2.24) is 9.88 Å². The minimum Gasteiger partial charge on any atom is -0.493 e. The van der Waals surface area contributed by atoms with Crippen LogP contribution in [0.15, 0.2) is 30.3 Å². The van der Waals surface area contributed by atoms with E-state index in [2.05, 4.69) is 4.90 Å². The van der Waals surface area contributed by atoms with Crippen LogP contribution >= 0.6 is 0 Å². The van der Waals surface area contributed by atoms with Crippen LogP contribution in [0.5, 0.6) is 5.75 Å². The third-order valence-corrected chi connectivity index (χ3v) is 6.67. The second kappa shape index (κ2) is 10.8.